The van der Waals surface area contributed by atoms with E-state index in [9.17, 15) is 0 Å². The maximum Gasteiger partial charge on any atom is 0.0846 e. The third-order valence-corrected chi connectivity index (χ3v) is 4.90. The lowest BCUT2D eigenvalue weighted by atomic mass is 9.89. The summed E-state index contributed by atoms with van der Waals surface area (Å²) < 4.78 is 7.17. The molecule has 0 aliphatic heterocycles. The van der Waals surface area contributed by atoms with E-state index in [0.29, 0.717) is 0 Å². The van der Waals surface area contributed by atoms with E-state index in [0.717, 1.165) is 19.6 Å². The summed E-state index contributed by atoms with van der Waals surface area (Å²) in [5.41, 5.74) is 1.14. The minimum absolute atomic E-state index is 0.158. The molecule has 0 aromatic carbocycles. The predicted octanol–water partition coefficient (Wildman–Crippen LogP) is 4.37. The van der Waals surface area contributed by atoms with E-state index in [-0.39, 0.29) is 11.6 Å². The second-order valence-corrected chi connectivity index (χ2v) is 5.86. The molecule has 1 aromatic heterocycles. The summed E-state index contributed by atoms with van der Waals surface area (Å²) in [7, 11) is 0. The van der Waals surface area contributed by atoms with Crippen LogP contribution in [0, 0.1) is 0 Å². The molecule has 1 rings (SSSR count). The lowest BCUT2D eigenvalue weighted by Gasteiger charge is -2.37. The maximum absolute atomic E-state index is 5.99. The topological polar surface area (TPSA) is 21.3 Å². The van der Waals surface area contributed by atoms with Crippen LogP contribution in [0.25, 0.3) is 0 Å². The Morgan fingerprint density at radius 2 is 2.12 bits per heavy atom. The summed E-state index contributed by atoms with van der Waals surface area (Å²) in [6, 6.07) is 0.234. The van der Waals surface area contributed by atoms with Gasteiger partial charge in [-0.15, -0.1) is 0 Å². The van der Waals surface area contributed by atoms with Crippen LogP contribution in [0.3, 0.4) is 0 Å². The van der Waals surface area contributed by atoms with E-state index < -0.39 is 0 Å². The molecule has 98 valence electrons. The molecule has 2 nitrogen and oxygen atoms in total. The van der Waals surface area contributed by atoms with E-state index >= 15 is 0 Å². The van der Waals surface area contributed by atoms with Gasteiger partial charge in [-0.3, -0.25) is 0 Å². The van der Waals surface area contributed by atoms with Gasteiger partial charge in [0.2, 0.25) is 0 Å². The molecular weight excluding hydrogens is 298 g/mol. The van der Waals surface area contributed by atoms with E-state index in [4.69, 9.17) is 4.74 Å². The molecule has 1 heterocycles. The van der Waals surface area contributed by atoms with E-state index in [1.54, 1.807) is 11.3 Å². The van der Waals surface area contributed by atoms with Gasteiger partial charge in [0.05, 0.1) is 11.6 Å². The van der Waals surface area contributed by atoms with Crippen molar-refractivity contribution in [1.29, 1.82) is 0 Å². The van der Waals surface area contributed by atoms with Gasteiger partial charge in [-0.2, -0.15) is 11.3 Å². The van der Waals surface area contributed by atoms with Crippen LogP contribution in [0.4, 0.5) is 0 Å². The van der Waals surface area contributed by atoms with Gasteiger partial charge in [-0.05, 0) is 53.7 Å². The van der Waals surface area contributed by atoms with E-state index in [1.807, 2.05) is 0 Å². The van der Waals surface area contributed by atoms with Crippen LogP contribution >= 0.6 is 27.3 Å². The maximum atomic E-state index is 5.99. The number of hydrogen-bond donors (Lipinski definition) is 1. The van der Waals surface area contributed by atoms with Crippen LogP contribution in [0.1, 0.15) is 45.7 Å². The third-order valence-electron chi connectivity index (χ3n) is 3.15. The lowest BCUT2D eigenvalue weighted by Crippen LogP contribution is -2.43. The number of thiophene rings is 1. The van der Waals surface area contributed by atoms with Crippen molar-refractivity contribution in [2.75, 3.05) is 13.2 Å². The van der Waals surface area contributed by atoms with Gasteiger partial charge >= 0.3 is 0 Å². The van der Waals surface area contributed by atoms with Crippen LogP contribution in [0.2, 0.25) is 0 Å². The highest BCUT2D eigenvalue weighted by atomic mass is 79.9. The van der Waals surface area contributed by atoms with Gasteiger partial charge in [0.15, 0.2) is 0 Å². The van der Waals surface area contributed by atoms with Crippen LogP contribution < -0.4 is 5.32 Å². The van der Waals surface area contributed by atoms with Gasteiger partial charge in [0.25, 0.3) is 0 Å². The zero-order valence-electron chi connectivity index (χ0n) is 11.0. The van der Waals surface area contributed by atoms with Crippen molar-refractivity contribution in [2.45, 2.75) is 45.8 Å². The number of likely N-dealkylation sites (N-methyl/N-ethyl adjacent to an activating group) is 1. The Balaban J connectivity index is 3.03. The van der Waals surface area contributed by atoms with Gasteiger partial charge < -0.3 is 10.1 Å². The van der Waals surface area contributed by atoms with Crippen molar-refractivity contribution in [1.82, 2.24) is 5.32 Å². The number of halogens is 1. The highest BCUT2D eigenvalue weighted by Crippen LogP contribution is 2.37. The van der Waals surface area contributed by atoms with Crippen molar-refractivity contribution < 1.29 is 4.74 Å². The first-order valence-electron chi connectivity index (χ1n) is 6.17. The molecule has 0 saturated heterocycles. The van der Waals surface area contributed by atoms with Crippen molar-refractivity contribution in [2.24, 2.45) is 0 Å². The van der Waals surface area contributed by atoms with Crippen LogP contribution in [-0.2, 0) is 4.74 Å². The summed E-state index contributed by atoms with van der Waals surface area (Å²) in [5, 5.41) is 7.88. The average Bonchev–Trinajstić information content (AvgIpc) is 2.72. The average molecular weight is 320 g/mol. The number of nitrogens with one attached hydrogen (secondary N) is 1. The van der Waals surface area contributed by atoms with Gasteiger partial charge in [-0.1, -0.05) is 13.8 Å². The Labute approximate surface area is 117 Å². The van der Waals surface area contributed by atoms with Crippen molar-refractivity contribution in [3.63, 3.8) is 0 Å². The zero-order valence-corrected chi connectivity index (χ0v) is 13.5. The Kier molecular flexibility index (Phi) is 6.13. The number of hydrogen-bond acceptors (Lipinski definition) is 3. The fourth-order valence-corrected chi connectivity index (χ4v) is 3.63. The van der Waals surface area contributed by atoms with Gasteiger partial charge in [0.1, 0.15) is 0 Å². The molecule has 1 aromatic rings. The molecule has 0 aliphatic rings. The first-order chi connectivity index (χ1) is 8.09. The highest BCUT2D eigenvalue weighted by molar-refractivity contribution is 9.10. The molecule has 0 amide bonds. The van der Waals surface area contributed by atoms with Crippen molar-refractivity contribution in [3.8, 4) is 0 Å². The van der Waals surface area contributed by atoms with Crippen molar-refractivity contribution >= 4 is 27.3 Å². The number of ether oxygens (including phenoxy) is 1. The summed E-state index contributed by atoms with van der Waals surface area (Å²) >= 11 is 5.35. The SMILES string of the molecule is CCNC(c1cscc1Br)C(C)(CC)OCC. The smallest absolute Gasteiger partial charge is 0.0846 e. The summed E-state index contributed by atoms with van der Waals surface area (Å²) in [4.78, 5) is 0. The third kappa shape index (κ3) is 3.53. The molecule has 2 unspecified atom stereocenters. The predicted molar refractivity (Wildman–Crippen MR) is 78.8 cm³/mol. The molecule has 17 heavy (non-hydrogen) atoms. The standard InChI is InChI=1S/C13H22BrNOS/c1-5-13(4,16-7-3)12(15-6-2)10-8-17-9-11(10)14/h8-9,12,15H,5-7H2,1-4H3. The molecule has 0 bridgehead atoms. The number of rotatable bonds is 7. The molecule has 2 atom stereocenters. The first-order valence-corrected chi connectivity index (χ1v) is 7.91. The summed E-state index contributed by atoms with van der Waals surface area (Å²) in [6.45, 7) is 10.2. The first kappa shape index (κ1) is 15.2. The monoisotopic (exact) mass is 319 g/mol. The molecule has 0 saturated carbocycles. The molecule has 1 N–H and O–H groups in total. The van der Waals surface area contributed by atoms with E-state index in [1.165, 1.54) is 10.0 Å². The minimum atomic E-state index is -0.158. The van der Waals surface area contributed by atoms with Crippen LogP contribution in [0.5, 0.6) is 0 Å². The lowest BCUT2D eigenvalue weighted by molar-refractivity contribution is -0.0560. The Morgan fingerprint density at radius 3 is 2.53 bits per heavy atom. The second-order valence-electron chi connectivity index (χ2n) is 4.26. The Morgan fingerprint density at radius 1 is 1.41 bits per heavy atom. The fraction of sp³-hybridized carbons (Fsp3) is 0.692. The minimum Gasteiger partial charge on any atom is -0.374 e. The normalized spacial score (nSPS) is 16.8. The van der Waals surface area contributed by atoms with Gasteiger partial charge in [-0.25, -0.2) is 0 Å². The molecule has 0 spiro atoms. The summed E-state index contributed by atoms with van der Waals surface area (Å²) in [6.07, 6.45) is 0.987. The van der Waals surface area contributed by atoms with Crippen LogP contribution in [-0.4, -0.2) is 18.8 Å². The molecular formula is C13H22BrNOS. The molecule has 0 aliphatic carbocycles. The van der Waals surface area contributed by atoms with Gasteiger partial charge in [0, 0.05) is 16.5 Å². The van der Waals surface area contributed by atoms with E-state index in [2.05, 4.69) is 59.7 Å². The molecule has 0 radical (unpaired) electrons. The second kappa shape index (κ2) is 6.88. The summed E-state index contributed by atoms with van der Waals surface area (Å²) in [5.74, 6) is 0. The van der Waals surface area contributed by atoms with Crippen molar-refractivity contribution in [3.05, 3.63) is 20.8 Å². The fourth-order valence-electron chi connectivity index (χ4n) is 2.08. The quantitative estimate of drug-likeness (QED) is 0.806. The Bertz CT molecular complexity index is 342. The molecule has 0 fully saturated rings. The Hall–Kier alpha value is 0.1000. The zero-order chi connectivity index (χ0) is 12.9. The van der Waals surface area contributed by atoms with Crippen LogP contribution in [0.15, 0.2) is 15.2 Å². The largest absolute Gasteiger partial charge is 0.374 e. The molecule has 4 heteroatoms. The highest BCUT2D eigenvalue weighted by Gasteiger charge is 2.35.